The van der Waals surface area contributed by atoms with Gasteiger partial charge in [-0.05, 0) is 0 Å². The molecule has 0 atom stereocenters. The van der Waals surface area contributed by atoms with Crippen molar-refractivity contribution in [2.75, 3.05) is 0 Å². The predicted molar refractivity (Wildman–Crippen MR) is 35.4 cm³/mol. The van der Waals surface area contributed by atoms with E-state index in [1.54, 1.807) is 0 Å². The van der Waals surface area contributed by atoms with E-state index in [9.17, 15) is 13.2 Å². The molecule has 0 saturated carbocycles. The van der Waals surface area contributed by atoms with E-state index < -0.39 is 11.7 Å². The Morgan fingerprint density at radius 3 is 2.08 bits per heavy atom. The fraction of sp³-hybridized carbons (Fsp3) is 0.143. The predicted octanol–water partition coefficient (Wildman–Crippen LogP) is 0.393. The summed E-state index contributed by atoms with van der Waals surface area (Å²) in [4.78, 5) is 0. The molecule has 1 aromatic rings. The molecule has 1 rings (SSSR count). The van der Waals surface area contributed by atoms with Crippen LogP contribution >= 0.6 is 0 Å². The number of alkyl halides is 3. The summed E-state index contributed by atoms with van der Waals surface area (Å²) in [5, 5.41) is 0. The summed E-state index contributed by atoms with van der Waals surface area (Å²) in [7, 11) is 0. The molecular weight excluding hydrogens is 178 g/mol. The monoisotopic (exact) mass is 183 g/mol. The Balaban J connectivity index is 0.00000121. The second-order valence-corrected chi connectivity index (χ2v) is 2.08. The number of halogens is 3. The maximum Gasteiger partial charge on any atom is 1.00 e. The van der Waals surface area contributed by atoms with Crippen LogP contribution in [-0.4, -0.2) is 0 Å². The van der Waals surface area contributed by atoms with Gasteiger partial charge in [0.15, 0.2) is 0 Å². The van der Waals surface area contributed by atoms with E-state index >= 15 is 0 Å². The van der Waals surface area contributed by atoms with Gasteiger partial charge < -0.3 is 5.73 Å². The van der Waals surface area contributed by atoms with Crippen molar-refractivity contribution in [3.05, 3.63) is 35.6 Å². The Morgan fingerprint density at radius 1 is 1.17 bits per heavy atom. The molecule has 5 heteroatoms. The van der Waals surface area contributed by atoms with Gasteiger partial charge in [-0.2, -0.15) is 13.2 Å². The molecule has 0 aliphatic rings. The Bertz CT molecular complexity index is 259. The molecule has 0 heterocycles. The van der Waals surface area contributed by atoms with E-state index in [2.05, 4.69) is 0 Å². The third kappa shape index (κ3) is 3.05. The van der Waals surface area contributed by atoms with Crippen LogP contribution in [0.25, 0.3) is 5.73 Å². The second-order valence-electron chi connectivity index (χ2n) is 2.08. The average Bonchev–Trinajstić information content (AvgIpc) is 1.86. The zero-order valence-electron chi connectivity index (χ0n) is 6.44. The largest absolute Gasteiger partial charge is 1.00 e. The van der Waals surface area contributed by atoms with Gasteiger partial charge in [-0.3, -0.25) is 0 Å². The zero-order valence-corrected chi connectivity index (χ0v) is 8.44. The smallest absolute Gasteiger partial charge is 0.699 e. The fourth-order valence-electron chi connectivity index (χ4n) is 0.696. The van der Waals surface area contributed by atoms with Gasteiger partial charge in [0, 0.05) is 0 Å². The van der Waals surface area contributed by atoms with Crippen molar-refractivity contribution in [3.8, 4) is 0 Å². The fourth-order valence-corrected chi connectivity index (χ4v) is 0.696. The minimum absolute atomic E-state index is 0. The molecule has 0 bridgehead atoms. The minimum atomic E-state index is -4.34. The number of hydrogen-bond donors (Lipinski definition) is 0. The van der Waals surface area contributed by atoms with Crippen LogP contribution in [-0.2, 0) is 6.18 Å². The topological polar surface area (TPSA) is 23.8 Å². The summed E-state index contributed by atoms with van der Waals surface area (Å²) in [5.74, 6) is 0. The van der Waals surface area contributed by atoms with Gasteiger partial charge in [0.2, 0.25) is 0 Å². The van der Waals surface area contributed by atoms with Crippen molar-refractivity contribution in [2.24, 2.45) is 0 Å². The summed E-state index contributed by atoms with van der Waals surface area (Å²) < 4.78 is 35.7. The van der Waals surface area contributed by atoms with Crippen LogP contribution in [0.1, 0.15) is 5.56 Å². The van der Waals surface area contributed by atoms with Gasteiger partial charge in [-0.25, -0.2) is 0 Å². The van der Waals surface area contributed by atoms with Gasteiger partial charge in [0.05, 0.1) is 5.56 Å². The Morgan fingerprint density at radius 2 is 1.75 bits per heavy atom. The van der Waals surface area contributed by atoms with Crippen LogP contribution in [0, 0.1) is 0 Å². The Hall–Kier alpha value is -0.190. The van der Waals surface area contributed by atoms with E-state index in [-0.39, 0.29) is 35.2 Å². The van der Waals surface area contributed by atoms with Crippen molar-refractivity contribution >= 4 is 5.69 Å². The minimum Gasteiger partial charge on any atom is -0.699 e. The SMILES string of the molecule is [NH-]c1cccc(C(F)(F)F)c1.[Na+]. The van der Waals surface area contributed by atoms with Crippen LogP contribution in [0.5, 0.6) is 0 Å². The molecule has 0 amide bonds. The van der Waals surface area contributed by atoms with Crippen molar-refractivity contribution in [3.63, 3.8) is 0 Å². The molecule has 0 aliphatic heterocycles. The molecule has 12 heavy (non-hydrogen) atoms. The number of benzene rings is 1. The molecule has 0 spiro atoms. The molecule has 60 valence electrons. The van der Waals surface area contributed by atoms with E-state index in [1.807, 2.05) is 0 Å². The van der Waals surface area contributed by atoms with Crippen LogP contribution in [0.3, 0.4) is 0 Å². The summed E-state index contributed by atoms with van der Waals surface area (Å²) in [5.41, 5.74) is 6.02. The first-order valence-electron chi connectivity index (χ1n) is 2.89. The molecule has 1 nitrogen and oxygen atoms in total. The standard InChI is InChI=1S/C7H5F3N.Na/c8-7(9,10)5-2-1-3-6(11)4-5;/h1-4,11H;/q-1;+1. The summed E-state index contributed by atoms with van der Waals surface area (Å²) in [6.07, 6.45) is -4.34. The third-order valence-corrected chi connectivity index (χ3v) is 1.19. The van der Waals surface area contributed by atoms with Crippen molar-refractivity contribution in [1.29, 1.82) is 0 Å². The average molecular weight is 183 g/mol. The molecule has 0 aliphatic carbocycles. The van der Waals surface area contributed by atoms with E-state index in [0.29, 0.717) is 0 Å². The van der Waals surface area contributed by atoms with E-state index in [0.717, 1.165) is 12.1 Å². The molecule has 1 aromatic carbocycles. The summed E-state index contributed by atoms with van der Waals surface area (Å²) >= 11 is 0. The molecule has 0 fully saturated rings. The number of hydrogen-bond acceptors (Lipinski definition) is 0. The van der Waals surface area contributed by atoms with Crippen LogP contribution in [0.15, 0.2) is 24.3 Å². The van der Waals surface area contributed by atoms with Crippen LogP contribution in [0.2, 0.25) is 0 Å². The van der Waals surface area contributed by atoms with E-state index in [4.69, 9.17) is 5.73 Å². The number of rotatable bonds is 0. The van der Waals surface area contributed by atoms with Crippen molar-refractivity contribution in [2.45, 2.75) is 6.18 Å². The van der Waals surface area contributed by atoms with Crippen molar-refractivity contribution in [1.82, 2.24) is 0 Å². The quantitative estimate of drug-likeness (QED) is 0.520. The normalized spacial score (nSPS) is 10.6. The molecule has 0 unspecified atom stereocenters. The van der Waals surface area contributed by atoms with Crippen LogP contribution < -0.4 is 29.6 Å². The first-order chi connectivity index (χ1) is 5.00. The Kier molecular flexibility index (Phi) is 4.10. The van der Waals surface area contributed by atoms with Gasteiger partial charge in [-0.1, -0.05) is 24.3 Å². The van der Waals surface area contributed by atoms with Gasteiger partial charge in [0.25, 0.3) is 0 Å². The first kappa shape index (κ1) is 11.8. The zero-order chi connectivity index (χ0) is 8.48. The second kappa shape index (κ2) is 4.16. The maximum absolute atomic E-state index is 11.9. The summed E-state index contributed by atoms with van der Waals surface area (Å²) in [6, 6.07) is 4.25. The summed E-state index contributed by atoms with van der Waals surface area (Å²) in [6.45, 7) is 0. The molecular formula is C7H5F3NNa. The molecule has 0 saturated heterocycles. The number of nitrogens with one attached hydrogen (secondary N) is 1. The maximum atomic E-state index is 11.9. The Labute approximate surface area is 90.0 Å². The van der Waals surface area contributed by atoms with Gasteiger partial charge in [-0.15, -0.1) is 5.69 Å². The van der Waals surface area contributed by atoms with E-state index in [1.165, 1.54) is 12.1 Å². The first-order valence-corrected chi connectivity index (χ1v) is 2.89. The van der Waals surface area contributed by atoms with Gasteiger partial charge >= 0.3 is 35.7 Å². The molecule has 1 N–H and O–H groups in total. The van der Waals surface area contributed by atoms with Gasteiger partial charge in [0.1, 0.15) is 0 Å². The molecule has 0 aromatic heterocycles. The van der Waals surface area contributed by atoms with Crippen molar-refractivity contribution < 1.29 is 42.7 Å². The third-order valence-electron chi connectivity index (χ3n) is 1.19. The van der Waals surface area contributed by atoms with Crippen LogP contribution in [0.4, 0.5) is 18.9 Å². The molecule has 0 radical (unpaired) electrons.